The molecule has 2 aromatic rings. The molecule has 2 aromatic carbocycles. The number of fused-ring (bicyclic) bond motifs is 1. The molecule has 0 bridgehead atoms. The van der Waals surface area contributed by atoms with Gasteiger partial charge in [0.25, 0.3) is 11.6 Å². The number of hydrogen-bond acceptors (Lipinski definition) is 6. The van der Waals surface area contributed by atoms with Crippen LogP contribution >= 0.6 is 0 Å². The van der Waals surface area contributed by atoms with E-state index < -0.39 is 16.7 Å². The molecule has 9 nitrogen and oxygen atoms in total. The quantitative estimate of drug-likeness (QED) is 0.600. The summed E-state index contributed by atoms with van der Waals surface area (Å²) in [7, 11) is 0. The monoisotopic (exact) mass is 410 g/mol. The van der Waals surface area contributed by atoms with Gasteiger partial charge in [0.2, 0.25) is 5.91 Å². The smallest absolute Gasteiger partial charge is 0.271 e. The number of ether oxygens (including phenoxy) is 1. The van der Waals surface area contributed by atoms with E-state index in [0.29, 0.717) is 17.4 Å². The van der Waals surface area contributed by atoms with Crippen LogP contribution in [0.5, 0.6) is 5.75 Å². The predicted molar refractivity (Wildman–Crippen MR) is 112 cm³/mol. The van der Waals surface area contributed by atoms with E-state index in [1.807, 2.05) is 24.3 Å². The fraction of sp³-hybridized carbons (Fsp3) is 0.333. The molecule has 2 aliphatic rings. The van der Waals surface area contributed by atoms with E-state index in [0.717, 1.165) is 18.8 Å². The lowest BCUT2D eigenvalue weighted by Gasteiger charge is -2.28. The van der Waals surface area contributed by atoms with E-state index in [1.54, 1.807) is 0 Å². The van der Waals surface area contributed by atoms with Gasteiger partial charge in [-0.05, 0) is 42.7 Å². The molecular formula is C21H22N4O5. The SMILES string of the molecule is CC1CCN(c2ccc(NC(=O)CN3C(=O)COc4ccc([N+](=O)[O-])cc43)cc2)C1. The molecule has 0 aliphatic carbocycles. The highest BCUT2D eigenvalue weighted by Crippen LogP contribution is 2.35. The molecule has 1 unspecified atom stereocenters. The molecule has 30 heavy (non-hydrogen) atoms. The van der Waals surface area contributed by atoms with E-state index in [-0.39, 0.29) is 24.5 Å². The van der Waals surface area contributed by atoms with E-state index in [2.05, 4.69) is 17.1 Å². The van der Waals surface area contributed by atoms with Gasteiger partial charge in [-0.1, -0.05) is 6.92 Å². The topological polar surface area (TPSA) is 105 Å². The van der Waals surface area contributed by atoms with Crippen molar-refractivity contribution in [2.75, 3.05) is 41.4 Å². The third kappa shape index (κ3) is 4.05. The Balaban J connectivity index is 1.44. The number of hydrogen-bond donors (Lipinski definition) is 1. The van der Waals surface area contributed by atoms with Crippen molar-refractivity contribution >= 4 is 34.6 Å². The number of nitro benzene ring substituents is 1. The lowest BCUT2D eigenvalue weighted by atomic mass is 10.2. The number of rotatable bonds is 5. The van der Waals surface area contributed by atoms with Crippen LogP contribution in [0.3, 0.4) is 0 Å². The Morgan fingerprint density at radius 1 is 1.27 bits per heavy atom. The lowest BCUT2D eigenvalue weighted by Crippen LogP contribution is -2.43. The zero-order valence-corrected chi connectivity index (χ0v) is 16.5. The Labute approximate surface area is 173 Å². The van der Waals surface area contributed by atoms with Crippen LogP contribution in [0.4, 0.5) is 22.7 Å². The molecule has 1 atom stereocenters. The predicted octanol–water partition coefficient (Wildman–Crippen LogP) is 2.81. The van der Waals surface area contributed by atoms with Crippen molar-refractivity contribution in [2.24, 2.45) is 5.92 Å². The van der Waals surface area contributed by atoms with E-state index in [9.17, 15) is 19.7 Å². The number of nitrogens with one attached hydrogen (secondary N) is 1. The number of amides is 2. The van der Waals surface area contributed by atoms with Gasteiger partial charge in [-0.15, -0.1) is 0 Å². The van der Waals surface area contributed by atoms with Crippen LogP contribution < -0.4 is 19.9 Å². The van der Waals surface area contributed by atoms with Crippen LogP contribution in [-0.4, -0.2) is 43.0 Å². The summed E-state index contributed by atoms with van der Waals surface area (Å²) in [5, 5.41) is 13.8. The molecule has 9 heteroatoms. The fourth-order valence-electron chi connectivity index (χ4n) is 3.75. The van der Waals surface area contributed by atoms with Crippen molar-refractivity contribution in [1.29, 1.82) is 0 Å². The van der Waals surface area contributed by atoms with Crippen LogP contribution in [0.25, 0.3) is 0 Å². The van der Waals surface area contributed by atoms with Gasteiger partial charge in [-0.2, -0.15) is 0 Å². The number of nitrogens with zero attached hydrogens (tertiary/aromatic N) is 3. The Morgan fingerprint density at radius 3 is 2.70 bits per heavy atom. The minimum atomic E-state index is -0.555. The minimum Gasteiger partial charge on any atom is -0.482 e. The number of carbonyl (C=O) groups excluding carboxylic acids is 2. The second-order valence-corrected chi connectivity index (χ2v) is 7.61. The molecule has 0 aromatic heterocycles. The Hall–Kier alpha value is -3.62. The zero-order chi connectivity index (χ0) is 21.3. The largest absolute Gasteiger partial charge is 0.482 e. The van der Waals surface area contributed by atoms with Crippen LogP contribution in [0, 0.1) is 16.0 Å². The first-order valence-corrected chi connectivity index (χ1v) is 9.77. The van der Waals surface area contributed by atoms with Crippen molar-refractivity contribution in [2.45, 2.75) is 13.3 Å². The van der Waals surface area contributed by atoms with Gasteiger partial charge >= 0.3 is 0 Å². The molecule has 4 rings (SSSR count). The molecule has 2 aliphatic heterocycles. The number of non-ortho nitro benzene ring substituents is 1. The van der Waals surface area contributed by atoms with Crippen molar-refractivity contribution in [1.82, 2.24) is 0 Å². The van der Waals surface area contributed by atoms with Crippen molar-refractivity contribution in [3.8, 4) is 5.75 Å². The first-order chi connectivity index (χ1) is 14.4. The first kappa shape index (κ1) is 19.7. The van der Waals surface area contributed by atoms with Crippen LogP contribution in [-0.2, 0) is 9.59 Å². The number of benzene rings is 2. The van der Waals surface area contributed by atoms with Gasteiger partial charge in [-0.25, -0.2) is 0 Å². The van der Waals surface area contributed by atoms with Gasteiger partial charge in [-0.3, -0.25) is 24.6 Å². The summed E-state index contributed by atoms with van der Waals surface area (Å²) in [6.07, 6.45) is 1.17. The Kier molecular flexibility index (Phi) is 5.26. The highest BCUT2D eigenvalue weighted by molar-refractivity contribution is 6.05. The number of nitro groups is 1. The van der Waals surface area contributed by atoms with Crippen molar-refractivity contribution < 1.29 is 19.2 Å². The average Bonchev–Trinajstić information content (AvgIpc) is 3.16. The Bertz CT molecular complexity index is 991. The molecule has 1 N–H and O–H groups in total. The fourth-order valence-corrected chi connectivity index (χ4v) is 3.75. The summed E-state index contributed by atoms with van der Waals surface area (Å²) in [5.41, 5.74) is 1.77. The lowest BCUT2D eigenvalue weighted by molar-refractivity contribution is -0.384. The highest BCUT2D eigenvalue weighted by Gasteiger charge is 2.29. The summed E-state index contributed by atoms with van der Waals surface area (Å²) in [6, 6.07) is 11.6. The summed E-state index contributed by atoms with van der Waals surface area (Å²) >= 11 is 0. The molecule has 156 valence electrons. The average molecular weight is 410 g/mol. The van der Waals surface area contributed by atoms with E-state index >= 15 is 0 Å². The summed E-state index contributed by atoms with van der Waals surface area (Å²) in [4.78, 5) is 38.9. The molecule has 2 heterocycles. The maximum atomic E-state index is 12.5. The number of carbonyl (C=O) groups is 2. The molecule has 1 saturated heterocycles. The molecule has 0 spiro atoms. The van der Waals surface area contributed by atoms with Crippen molar-refractivity contribution in [3.05, 3.63) is 52.6 Å². The second-order valence-electron chi connectivity index (χ2n) is 7.61. The maximum absolute atomic E-state index is 12.5. The van der Waals surface area contributed by atoms with Crippen LogP contribution in [0.15, 0.2) is 42.5 Å². The third-order valence-electron chi connectivity index (χ3n) is 5.34. The standard InChI is InChI=1S/C21H22N4O5/c1-14-8-9-23(11-14)16-4-2-15(3-5-16)22-20(26)12-24-18-10-17(25(28)29)6-7-19(18)30-13-21(24)27/h2-7,10,14H,8-9,11-13H2,1H3,(H,22,26). The zero-order valence-electron chi connectivity index (χ0n) is 16.5. The normalized spacial score (nSPS) is 18.0. The van der Waals surface area contributed by atoms with E-state index in [1.165, 1.54) is 29.5 Å². The highest BCUT2D eigenvalue weighted by atomic mass is 16.6. The Morgan fingerprint density at radius 2 is 2.03 bits per heavy atom. The first-order valence-electron chi connectivity index (χ1n) is 9.77. The van der Waals surface area contributed by atoms with Crippen LogP contribution in [0.1, 0.15) is 13.3 Å². The summed E-state index contributed by atoms with van der Waals surface area (Å²) in [6.45, 7) is 3.80. The summed E-state index contributed by atoms with van der Waals surface area (Å²) in [5.74, 6) is 0.174. The molecular weight excluding hydrogens is 388 g/mol. The minimum absolute atomic E-state index is 0.177. The third-order valence-corrected chi connectivity index (χ3v) is 5.34. The van der Waals surface area contributed by atoms with Gasteiger partial charge in [0.05, 0.1) is 10.6 Å². The molecule has 1 fully saturated rings. The molecule has 2 amide bonds. The number of anilines is 3. The van der Waals surface area contributed by atoms with E-state index in [4.69, 9.17) is 4.74 Å². The van der Waals surface area contributed by atoms with Gasteiger partial charge < -0.3 is 15.0 Å². The summed E-state index contributed by atoms with van der Waals surface area (Å²) < 4.78 is 5.32. The van der Waals surface area contributed by atoms with Crippen LogP contribution in [0.2, 0.25) is 0 Å². The maximum Gasteiger partial charge on any atom is 0.271 e. The van der Waals surface area contributed by atoms with Gasteiger partial charge in [0, 0.05) is 36.6 Å². The van der Waals surface area contributed by atoms with Gasteiger partial charge in [0.1, 0.15) is 12.3 Å². The molecule has 0 radical (unpaired) electrons. The second kappa shape index (κ2) is 8.02. The van der Waals surface area contributed by atoms with Crippen molar-refractivity contribution in [3.63, 3.8) is 0 Å². The van der Waals surface area contributed by atoms with Gasteiger partial charge in [0.15, 0.2) is 6.61 Å². The molecule has 0 saturated carbocycles.